The topological polar surface area (TPSA) is 55.8 Å². The van der Waals surface area contributed by atoms with Crippen LogP contribution in [0.25, 0.3) is 0 Å². The van der Waals surface area contributed by atoms with Crippen molar-refractivity contribution in [1.29, 1.82) is 0 Å². The summed E-state index contributed by atoms with van der Waals surface area (Å²) in [6.45, 7) is 2.25. The molecule has 0 aliphatic heterocycles. The van der Waals surface area contributed by atoms with Crippen LogP contribution in [0.15, 0.2) is 24.3 Å². The molecule has 1 N–H and O–H groups in total. The Kier molecular flexibility index (Phi) is 7.73. The van der Waals surface area contributed by atoms with Gasteiger partial charge in [0.2, 0.25) is 0 Å². The second-order valence-corrected chi connectivity index (χ2v) is 4.69. The van der Waals surface area contributed by atoms with E-state index in [1.165, 1.54) is 0 Å². The summed E-state index contributed by atoms with van der Waals surface area (Å²) in [5.74, 6) is 0.651. The van der Waals surface area contributed by atoms with Crippen molar-refractivity contribution in [3.8, 4) is 5.75 Å². The molecule has 0 spiro atoms. The molecule has 20 heavy (non-hydrogen) atoms. The second-order valence-electron chi connectivity index (χ2n) is 4.69. The van der Waals surface area contributed by atoms with Crippen LogP contribution in [0.3, 0.4) is 0 Å². The molecule has 0 bridgehead atoms. The molecule has 1 aromatic carbocycles. The number of rotatable bonds is 9. The molecule has 4 nitrogen and oxygen atoms in total. The summed E-state index contributed by atoms with van der Waals surface area (Å²) in [7, 11) is 1.62. The first-order valence-electron chi connectivity index (χ1n) is 7.15. The Labute approximate surface area is 120 Å². The van der Waals surface area contributed by atoms with Crippen LogP contribution in [0.1, 0.15) is 50.7 Å². The first-order valence-corrected chi connectivity index (χ1v) is 7.15. The number of methoxy groups -OCH3 is 1. The van der Waals surface area contributed by atoms with Crippen molar-refractivity contribution < 1.29 is 19.4 Å². The van der Waals surface area contributed by atoms with Crippen molar-refractivity contribution in [2.45, 2.75) is 45.1 Å². The molecule has 0 aliphatic rings. The van der Waals surface area contributed by atoms with E-state index in [9.17, 15) is 9.90 Å². The van der Waals surface area contributed by atoms with Gasteiger partial charge in [-0.25, -0.2) is 0 Å². The zero-order valence-corrected chi connectivity index (χ0v) is 12.3. The van der Waals surface area contributed by atoms with Gasteiger partial charge in [-0.1, -0.05) is 25.0 Å². The predicted octanol–water partition coefficient (Wildman–Crippen LogP) is 3.24. The van der Waals surface area contributed by atoms with E-state index in [0.29, 0.717) is 19.4 Å². The van der Waals surface area contributed by atoms with Gasteiger partial charge < -0.3 is 14.6 Å². The first kappa shape index (κ1) is 16.5. The molecule has 112 valence electrons. The van der Waals surface area contributed by atoms with Crippen LogP contribution in [0, 0.1) is 0 Å². The molecule has 0 amide bonds. The summed E-state index contributed by atoms with van der Waals surface area (Å²) in [5, 5.41) is 10.0. The summed E-state index contributed by atoms with van der Waals surface area (Å²) in [5.41, 5.74) is 0.899. The van der Waals surface area contributed by atoms with Crippen LogP contribution in [0.2, 0.25) is 0 Å². The van der Waals surface area contributed by atoms with Crippen LogP contribution in [0.4, 0.5) is 0 Å². The highest BCUT2D eigenvalue weighted by atomic mass is 16.5. The normalized spacial score (nSPS) is 11.9. The van der Waals surface area contributed by atoms with Gasteiger partial charge in [0.1, 0.15) is 5.75 Å². The molecule has 1 unspecified atom stereocenters. The molecule has 0 radical (unpaired) electrons. The van der Waals surface area contributed by atoms with Gasteiger partial charge in [0.05, 0.1) is 19.8 Å². The standard InChI is InChI=1S/C16H24O4/c1-3-20-16(18)8-6-4-5-7-15(17)13-9-11-14(19-2)12-10-13/h9-12,15,17H,3-8H2,1-2H3. The van der Waals surface area contributed by atoms with Gasteiger partial charge in [-0.15, -0.1) is 0 Å². The number of carbonyl (C=O) groups excluding carboxylic acids is 1. The molecule has 4 heteroatoms. The minimum Gasteiger partial charge on any atom is -0.497 e. The molecular formula is C16H24O4. The number of hydrogen-bond acceptors (Lipinski definition) is 4. The van der Waals surface area contributed by atoms with Crippen LogP contribution in [-0.2, 0) is 9.53 Å². The van der Waals surface area contributed by atoms with Crippen LogP contribution in [-0.4, -0.2) is 24.8 Å². The molecule has 0 aliphatic carbocycles. The minimum atomic E-state index is -0.455. The highest BCUT2D eigenvalue weighted by Crippen LogP contribution is 2.22. The van der Waals surface area contributed by atoms with E-state index in [4.69, 9.17) is 9.47 Å². The number of unbranched alkanes of at least 4 members (excludes halogenated alkanes) is 2. The third kappa shape index (κ3) is 6.06. The van der Waals surface area contributed by atoms with E-state index in [1.54, 1.807) is 7.11 Å². The lowest BCUT2D eigenvalue weighted by atomic mass is 10.0. The number of ether oxygens (including phenoxy) is 2. The molecule has 0 aromatic heterocycles. The van der Waals surface area contributed by atoms with Gasteiger partial charge in [-0.05, 0) is 37.5 Å². The molecule has 1 aromatic rings. The molecule has 1 rings (SSSR count). The zero-order chi connectivity index (χ0) is 14.8. The van der Waals surface area contributed by atoms with Crippen molar-refractivity contribution in [3.05, 3.63) is 29.8 Å². The molecule has 0 saturated carbocycles. The third-order valence-corrected chi connectivity index (χ3v) is 3.16. The Balaban J connectivity index is 2.19. The quantitative estimate of drug-likeness (QED) is 0.557. The van der Waals surface area contributed by atoms with Crippen LogP contribution < -0.4 is 4.74 Å². The zero-order valence-electron chi connectivity index (χ0n) is 12.3. The Morgan fingerprint density at radius 3 is 2.50 bits per heavy atom. The summed E-state index contributed by atoms with van der Waals surface area (Å²) < 4.78 is 9.94. The minimum absolute atomic E-state index is 0.136. The summed E-state index contributed by atoms with van der Waals surface area (Å²) in [6, 6.07) is 7.45. The third-order valence-electron chi connectivity index (χ3n) is 3.16. The van der Waals surface area contributed by atoms with Gasteiger partial charge in [-0.2, -0.15) is 0 Å². The van der Waals surface area contributed by atoms with Gasteiger partial charge in [-0.3, -0.25) is 4.79 Å². The highest BCUT2D eigenvalue weighted by molar-refractivity contribution is 5.69. The summed E-state index contributed by atoms with van der Waals surface area (Å²) in [4.78, 5) is 11.1. The fourth-order valence-corrected chi connectivity index (χ4v) is 2.01. The molecule has 0 fully saturated rings. The van der Waals surface area contributed by atoms with Crippen molar-refractivity contribution in [1.82, 2.24) is 0 Å². The van der Waals surface area contributed by atoms with E-state index >= 15 is 0 Å². The second kappa shape index (κ2) is 9.37. The lowest BCUT2D eigenvalue weighted by molar-refractivity contribution is -0.143. The number of esters is 1. The number of carbonyl (C=O) groups is 1. The van der Waals surface area contributed by atoms with Gasteiger partial charge in [0.15, 0.2) is 0 Å². The molecule has 0 heterocycles. The average Bonchev–Trinajstić information content (AvgIpc) is 2.47. The summed E-state index contributed by atoms with van der Waals surface area (Å²) >= 11 is 0. The SMILES string of the molecule is CCOC(=O)CCCCCC(O)c1ccc(OC)cc1. The lowest BCUT2D eigenvalue weighted by Crippen LogP contribution is -2.03. The van der Waals surface area contributed by atoms with Crippen LogP contribution >= 0.6 is 0 Å². The number of hydrogen-bond donors (Lipinski definition) is 1. The molecular weight excluding hydrogens is 256 g/mol. The molecule has 0 saturated heterocycles. The number of benzene rings is 1. The lowest BCUT2D eigenvalue weighted by Gasteiger charge is -2.11. The van der Waals surface area contributed by atoms with Gasteiger partial charge in [0, 0.05) is 6.42 Å². The Morgan fingerprint density at radius 1 is 1.20 bits per heavy atom. The average molecular weight is 280 g/mol. The van der Waals surface area contributed by atoms with Crippen molar-refractivity contribution in [2.75, 3.05) is 13.7 Å². The fraction of sp³-hybridized carbons (Fsp3) is 0.562. The maximum Gasteiger partial charge on any atom is 0.305 e. The maximum absolute atomic E-state index is 11.1. The Bertz CT molecular complexity index is 386. The van der Waals surface area contributed by atoms with Gasteiger partial charge in [0.25, 0.3) is 0 Å². The summed E-state index contributed by atoms with van der Waals surface area (Å²) in [6.07, 6.45) is 3.34. The van der Waals surface area contributed by atoms with Crippen molar-refractivity contribution in [3.63, 3.8) is 0 Å². The van der Waals surface area contributed by atoms with Crippen molar-refractivity contribution in [2.24, 2.45) is 0 Å². The van der Waals surface area contributed by atoms with E-state index in [0.717, 1.165) is 30.6 Å². The largest absolute Gasteiger partial charge is 0.497 e. The predicted molar refractivity (Wildman–Crippen MR) is 77.7 cm³/mol. The van der Waals surface area contributed by atoms with Crippen molar-refractivity contribution >= 4 is 5.97 Å². The van der Waals surface area contributed by atoms with E-state index < -0.39 is 6.10 Å². The smallest absolute Gasteiger partial charge is 0.305 e. The number of aliphatic hydroxyl groups is 1. The molecule has 1 atom stereocenters. The fourth-order valence-electron chi connectivity index (χ4n) is 2.01. The first-order chi connectivity index (χ1) is 9.67. The number of aliphatic hydroxyl groups excluding tert-OH is 1. The Hall–Kier alpha value is -1.55. The van der Waals surface area contributed by atoms with E-state index in [2.05, 4.69) is 0 Å². The highest BCUT2D eigenvalue weighted by Gasteiger charge is 2.08. The van der Waals surface area contributed by atoms with E-state index in [1.807, 2.05) is 31.2 Å². The van der Waals surface area contributed by atoms with Crippen LogP contribution in [0.5, 0.6) is 5.75 Å². The monoisotopic (exact) mass is 280 g/mol. The van der Waals surface area contributed by atoms with E-state index in [-0.39, 0.29) is 5.97 Å². The Morgan fingerprint density at radius 2 is 1.90 bits per heavy atom. The maximum atomic E-state index is 11.1. The van der Waals surface area contributed by atoms with Gasteiger partial charge >= 0.3 is 5.97 Å².